The van der Waals surface area contributed by atoms with E-state index >= 15 is 0 Å². The second-order valence-corrected chi connectivity index (χ2v) is 2.96. The van der Waals surface area contributed by atoms with Gasteiger partial charge < -0.3 is 5.32 Å². The standard InChI is InChI=1S/C7H13N3O2/c8-10-7(12)6(11)9-4-3-5-1-2-5/h5H,1-4,8H2,(H,9,11)(H,10,12). The van der Waals surface area contributed by atoms with Crippen LogP contribution in [0.2, 0.25) is 0 Å². The van der Waals surface area contributed by atoms with E-state index in [4.69, 9.17) is 5.84 Å². The summed E-state index contributed by atoms with van der Waals surface area (Å²) in [6, 6.07) is 0. The second kappa shape index (κ2) is 4.06. The minimum Gasteiger partial charge on any atom is -0.348 e. The van der Waals surface area contributed by atoms with Gasteiger partial charge in [0, 0.05) is 6.54 Å². The summed E-state index contributed by atoms with van der Waals surface area (Å²) in [5, 5.41) is 2.47. The fraction of sp³-hybridized carbons (Fsp3) is 0.714. The van der Waals surface area contributed by atoms with Crippen LogP contribution in [0.1, 0.15) is 19.3 Å². The van der Waals surface area contributed by atoms with Crippen LogP contribution in [-0.2, 0) is 9.59 Å². The Morgan fingerprint density at radius 2 is 2.00 bits per heavy atom. The van der Waals surface area contributed by atoms with Gasteiger partial charge in [-0.3, -0.25) is 15.0 Å². The summed E-state index contributed by atoms with van der Waals surface area (Å²) in [4.78, 5) is 21.3. The van der Waals surface area contributed by atoms with Crippen molar-refractivity contribution in [1.29, 1.82) is 0 Å². The Balaban J connectivity index is 2.04. The molecule has 0 aromatic rings. The van der Waals surface area contributed by atoms with E-state index in [1.54, 1.807) is 5.43 Å². The Labute approximate surface area is 70.7 Å². The van der Waals surface area contributed by atoms with Crippen LogP contribution in [0, 0.1) is 5.92 Å². The molecule has 0 aromatic heterocycles. The number of nitrogens with two attached hydrogens (primary N) is 1. The molecule has 68 valence electrons. The molecule has 0 spiro atoms. The molecule has 0 aliphatic heterocycles. The lowest BCUT2D eigenvalue weighted by Crippen LogP contribution is -2.43. The molecule has 0 radical (unpaired) electrons. The molecule has 1 rings (SSSR count). The summed E-state index contributed by atoms with van der Waals surface area (Å²) in [7, 11) is 0. The molecule has 4 N–H and O–H groups in total. The van der Waals surface area contributed by atoms with Crippen molar-refractivity contribution < 1.29 is 9.59 Å². The van der Waals surface area contributed by atoms with Crippen molar-refractivity contribution in [2.75, 3.05) is 6.54 Å². The van der Waals surface area contributed by atoms with Gasteiger partial charge in [0.2, 0.25) is 0 Å². The lowest BCUT2D eigenvalue weighted by molar-refractivity contribution is -0.139. The zero-order valence-corrected chi connectivity index (χ0v) is 6.80. The number of hydrogen-bond donors (Lipinski definition) is 3. The van der Waals surface area contributed by atoms with Gasteiger partial charge in [-0.1, -0.05) is 12.8 Å². The van der Waals surface area contributed by atoms with E-state index in [9.17, 15) is 9.59 Å². The predicted molar refractivity (Wildman–Crippen MR) is 42.7 cm³/mol. The monoisotopic (exact) mass is 171 g/mol. The SMILES string of the molecule is NNC(=O)C(=O)NCCC1CC1. The first-order valence-electron chi connectivity index (χ1n) is 4.03. The molecule has 0 aromatic carbocycles. The number of carbonyl (C=O) groups excluding carboxylic acids is 2. The van der Waals surface area contributed by atoms with Crippen molar-refractivity contribution >= 4 is 11.8 Å². The van der Waals surface area contributed by atoms with Crippen LogP contribution < -0.4 is 16.6 Å². The van der Waals surface area contributed by atoms with Crippen LogP contribution in [0.5, 0.6) is 0 Å². The van der Waals surface area contributed by atoms with Crippen LogP contribution in [0.3, 0.4) is 0 Å². The number of hydrazine groups is 1. The first-order chi connectivity index (χ1) is 5.74. The molecule has 0 unspecified atom stereocenters. The predicted octanol–water partition coefficient (Wildman–Crippen LogP) is -1.11. The maximum atomic E-state index is 10.8. The van der Waals surface area contributed by atoms with Crippen molar-refractivity contribution in [1.82, 2.24) is 10.7 Å². The Kier molecular flexibility index (Phi) is 3.04. The number of carbonyl (C=O) groups is 2. The summed E-state index contributed by atoms with van der Waals surface area (Å²) in [6.45, 7) is 0.566. The van der Waals surface area contributed by atoms with Crippen molar-refractivity contribution in [2.24, 2.45) is 11.8 Å². The van der Waals surface area contributed by atoms with Gasteiger partial charge in [-0.25, -0.2) is 5.84 Å². The molecule has 5 heteroatoms. The third-order valence-electron chi connectivity index (χ3n) is 1.87. The van der Waals surface area contributed by atoms with Gasteiger partial charge in [0.05, 0.1) is 0 Å². The van der Waals surface area contributed by atoms with E-state index in [1.165, 1.54) is 12.8 Å². The molecular weight excluding hydrogens is 158 g/mol. The summed E-state index contributed by atoms with van der Waals surface area (Å²) < 4.78 is 0. The quantitative estimate of drug-likeness (QED) is 0.218. The number of amides is 2. The smallest absolute Gasteiger partial charge is 0.323 e. The minimum absolute atomic E-state index is 0.566. The van der Waals surface area contributed by atoms with Gasteiger partial charge in [-0.2, -0.15) is 0 Å². The largest absolute Gasteiger partial charge is 0.348 e. The van der Waals surface area contributed by atoms with Gasteiger partial charge >= 0.3 is 11.8 Å². The first-order valence-corrected chi connectivity index (χ1v) is 4.03. The van der Waals surface area contributed by atoms with Gasteiger partial charge in [0.1, 0.15) is 0 Å². The molecule has 0 bridgehead atoms. The molecule has 1 aliphatic rings. The lowest BCUT2D eigenvalue weighted by Gasteiger charge is -2.01. The van der Waals surface area contributed by atoms with E-state index < -0.39 is 11.8 Å². The molecule has 0 heterocycles. The Morgan fingerprint density at radius 1 is 1.33 bits per heavy atom. The number of nitrogens with one attached hydrogen (secondary N) is 2. The van der Waals surface area contributed by atoms with Crippen molar-refractivity contribution in [3.63, 3.8) is 0 Å². The third-order valence-corrected chi connectivity index (χ3v) is 1.87. The van der Waals surface area contributed by atoms with Crippen LogP contribution in [-0.4, -0.2) is 18.4 Å². The van der Waals surface area contributed by atoms with Crippen molar-refractivity contribution in [3.05, 3.63) is 0 Å². The summed E-state index contributed by atoms with van der Waals surface area (Å²) in [5.74, 6) is 4.07. The Hall–Kier alpha value is -1.10. The zero-order valence-electron chi connectivity index (χ0n) is 6.80. The summed E-state index contributed by atoms with van der Waals surface area (Å²) >= 11 is 0. The van der Waals surface area contributed by atoms with Crippen molar-refractivity contribution in [2.45, 2.75) is 19.3 Å². The number of hydrogen-bond acceptors (Lipinski definition) is 3. The number of rotatable bonds is 3. The average molecular weight is 171 g/mol. The Morgan fingerprint density at radius 3 is 2.50 bits per heavy atom. The zero-order chi connectivity index (χ0) is 8.97. The fourth-order valence-corrected chi connectivity index (χ4v) is 0.942. The van der Waals surface area contributed by atoms with E-state index in [0.29, 0.717) is 6.54 Å². The highest BCUT2D eigenvalue weighted by molar-refractivity contribution is 6.34. The van der Waals surface area contributed by atoms with Crippen LogP contribution in [0.25, 0.3) is 0 Å². The maximum absolute atomic E-state index is 10.8. The summed E-state index contributed by atoms with van der Waals surface area (Å²) in [6.07, 6.45) is 3.46. The molecule has 1 fully saturated rings. The molecular formula is C7H13N3O2. The highest BCUT2D eigenvalue weighted by atomic mass is 16.2. The lowest BCUT2D eigenvalue weighted by atomic mass is 10.3. The maximum Gasteiger partial charge on any atom is 0.323 e. The molecule has 5 nitrogen and oxygen atoms in total. The van der Waals surface area contributed by atoms with Gasteiger partial charge in [-0.05, 0) is 12.3 Å². The second-order valence-electron chi connectivity index (χ2n) is 2.96. The van der Waals surface area contributed by atoms with E-state index in [2.05, 4.69) is 5.32 Å². The van der Waals surface area contributed by atoms with Crippen LogP contribution in [0.4, 0.5) is 0 Å². The summed E-state index contributed by atoms with van der Waals surface area (Å²) in [5.41, 5.74) is 1.77. The average Bonchev–Trinajstić information content (AvgIpc) is 2.86. The third kappa shape index (κ3) is 2.87. The first kappa shape index (κ1) is 8.99. The highest BCUT2D eigenvalue weighted by Gasteiger charge is 2.21. The molecule has 12 heavy (non-hydrogen) atoms. The molecule has 1 aliphatic carbocycles. The van der Waals surface area contributed by atoms with Crippen molar-refractivity contribution in [3.8, 4) is 0 Å². The Bertz CT molecular complexity index is 189. The highest BCUT2D eigenvalue weighted by Crippen LogP contribution is 2.31. The molecule has 2 amide bonds. The topological polar surface area (TPSA) is 84.2 Å². The van der Waals surface area contributed by atoms with Crippen LogP contribution in [0.15, 0.2) is 0 Å². The molecule has 0 saturated heterocycles. The normalized spacial score (nSPS) is 15.4. The van der Waals surface area contributed by atoms with Gasteiger partial charge in [0.25, 0.3) is 0 Å². The van der Waals surface area contributed by atoms with E-state index in [1.807, 2.05) is 0 Å². The van der Waals surface area contributed by atoms with Crippen LogP contribution >= 0.6 is 0 Å². The molecule has 0 atom stereocenters. The van der Waals surface area contributed by atoms with E-state index in [0.717, 1.165) is 12.3 Å². The van der Waals surface area contributed by atoms with Gasteiger partial charge in [-0.15, -0.1) is 0 Å². The van der Waals surface area contributed by atoms with E-state index in [-0.39, 0.29) is 0 Å². The minimum atomic E-state index is -0.786. The fourth-order valence-electron chi connectivity index (χ4n) is 0.942. The van der Waals surface area contributed by atoms with Gasteiger partial charge in [0.15, 0.2) is 0 Å². The molecule has 1 saturated carbocycles.